The number of carbonyl (C=O) groups is 1. The van der Waals surface area contributed by atoms with Gasteiger partial charge in [0, 0.05) is 18.7 Å². The zero-order valence-electron chi connectivity index (χ0n) is 13.3. The van der Waals surface area contributed by atoms with Crippen molar-refractivity contribution >= 4 is 5.91 Å². The van der Waals surface area contributed by atoms with Gasteiger partial charge in [0.2, 0.25) is 0 Å². The number of nitrogens with zero attached hydrogens (tertiary/aromatic N) is 1. The number of alkyl halides is 6. The Morgan fingerprint density at radius 3 is 2.12 bits per heavy atom. The standard InChI is InChI=1S/C18H13F6NO/c19-17(20,21)14-7-6-11-8-9-25(10-13(11)15(14)18(22,23)24)16(26)12-4-2-1-3-5-12/h1-7H,8-10H2. The van der Waals surface area contributed by atoms with Gasteiger partial charge in [0.05, 0.1) is 11.1 Å². The third-order valence-corrected chi connectivity index (χ3v) is 4.31. The van der Waals surface area contributed by atoms with E-state index in [1.165, 1.54) is 12.1 Å². The van der Waals surface area contributed by atoms with Crippen LogP contribution >= 0.6 is 0 Å². The van der Waals surface area contributed by atoms with Gasteiger partial charge in [-0.3, -0.25) is 4.79 Å². The first kappa shape index (κ1) is 18.3. The van der Waals surface area contributed by atoms with Crippen molar-refractivity contribution in [2.75, 3.05) is 6.54 Å². The van der Waals surface area contributed by atoms with E-state index in [2.05, 4.69) is 0 Å². The number of amides is 1. The highest BCUT2D eigenvalue weighted by Crippen LogP contribution is 2.44. The molecule has 0 unspecified atom stereocenters. The molecule has 0 N–H and O–H groups in total. The van der Waals surface area contributed by atoms with Crippen LogP contribution in [0.25, 0.3) is 0 Å². The van der Waals surface area contributed by atoms with E-state index < -0.39 is 41.5 Å². The minimum atomic E-state index is -5.17. The Kier molecular flexibility index (Phi) is 4.46. The van der Waals surface area contributed by atoms with Crippen molar-refractivity contribution in [2.45, 2.75) is 25.3 Å². The van der Waals surface area contributed by atoms with Gasteiger partial charge in [0.15, 0.2) is 0 Å². The van der Waals surface area contributed by atoms with Crippen molar-refractivity contribution in [2.24, 2.45) is 0 Å². The minimum absolute atomic E-state index is 0.0646. The van der Waals surface area contributed by atoms with Gasteiger partial charge in [-0.25, -0.2) is 0 Å². The van der Waals surface area contributed by atoms with E-state index in [0.29, 0.717) is 6.07 Å². The van der Waals surface area contributed by atoms with E-state index in [0.717, 1.165) is 11.0 Å². The smallest absolute Gasteiger partial charge is 0.334 e. The number of carbonyl (C=O) groups excluding carboxylic acids is 1. The molecule has 2 aromatic rings. The fourth-order valence-electron chi connectivity index (χ4n) is 3.13. The van der Waals surface area contributed by atoms with Crippen LogP contribution in [0.2, 0.25) is 0 Å². The maximum absolute atomic E-state index is 13.4. The van der Waals surface area contributed by atoms with Gasteiger partial charge in [-0.1, -0.05) is 24.3 Å². The van der Waals surface area contributed by atoms with Crippen LogP contribution in [0.3, 0.4) is 0 Å². The second-order valence-corrected chi connectivity index (χ2v) is 5.96. The molecule has 1 aliphatic heterocycles. The average molecular weight is 373 g/mol. The second kappa shape index (κ2) is 6.34. The summed E-state index contributed by atoms with van der Waals surface area (Å²) >= 11 is 0. The topological polar surface area (TPSA) is 20.3 Å². The lowest BCUT2D eigenvalue weighted by Gasteiger charge is -2.32. The predicted molar refractivity (Wildman–Crippen MR) is 81.3 cm³/mol. The van der Waals surface area contributed by atoms with Crippen molar-refractivity contribution in [3.8, 4) is 0 Å². The van der Waals surface area contributed by atoms with Gasteiger partial charge in [-0.05, 0) is 35.7 Å². The van der Waals surface area contributed by atoms with Gasteiger partial charge in [0.25, 0.3) is 5.91 Å². The maximum atomic E-state index is 13.4. The quantitative estimate of drug-likeness (QED) is 0.650. The van der Waals surface area contributed by atoms with E-state index in [1.54, 1.807) is 18.2 Å². The van der Waals surface area contributed by atoms with Gasteiger partial charge in [0.1, 0.15) is 0 Å². The molecule has 26 heavy (non-hydrogen) atoms. The average Bonchev–Trinajstić information content (AvgIpc) is 2.58. The molecule has 0 atom stereocenters. The first-order valence-electron chi connectivity index (χ1n) is 7.72. The van der Waals surface area contributed by atoms with Crippen LogP contribution in [0.15, 0.2) is 42.5 Å². The lowest BCUT2D eigenvalue weighted by atomic mass is 9.90. The molecule has 8 heteroatoms. The zero-order chi connectivity index (χ0) is 19.1. The summed E-state index contributed by atoms with van der Waals surface area (Å²) in [6.45, 7) is -0.370. The molecule has 0 saturated carbocycles. The van der Waals surface area contributed by atoms with Crippen molar-refractivity contribution in [3.63, 3.8) is 0 Å². The number of hydrogen-bond donors (Lipinski definition) is 0. The van der Waals surface area contributed by atoms with Gasteiger partial charge in [-0.2, -0.15) is 26.3 Å². The normalized spacial score (nSPS) is 14.9. The van der Waals surface area contributed by atoms with Crippen LogP contribution in [0.4, 0.5) is 26.3 Å². The fraction of sp³-hybridized carbons (Fsp3) is 0.278. The number of benzene rings is 2. The minimum Gasteiger partial charge on any atom is -0.334 e. The van der Waals surface area contributed by atoms with Crippen molar-refractivity contribution in [1.29, 1.82) is 0 Å². The first-order valence-corrected chi connectivity index (χ1v) is 7.72. The number of halogens is 6. The lowest BCUT2D eigenvalue weighted by molar-refractivity contribution is -0.162. The third-order valence-electron chi connectivity index (χ3n) is 4.31. The Bertz CT molecular complexity index is 826. The maximum Gasteiger partial charge on any atom is 0.417 e. The van der Waals surface area contributed by atoms with Crippen LogP contribution in [0, 0.1) is 0 Å². The second-order valence-electron chi connectivity index (χ2n) is 5.96. The Morgan fingerprint density at radius 1 is 0.885 bits per heavy atom. The summed E-state index contributed by atoms with van der Waals surface area (Å²) in [7, 11) is 0. The largest absolute Gasteiger partial charge is 0.417 e. The molecule has 2 aromatic carbocycles. The highest BCUT2D eigenvalue weighted by Gasteiger charge is 2.46. The highest BCUT2D eigenvalue weighted by atomic mass is 19.4. The Labute approximate surface area is 145 Å². The van der Waals surface area contributed by atoms with E-state index in [4.69, 9.17) is 0 Å². The molecule has 0 spiro atoms. The highest BCUT2D eigenvalue weighted by molar-refractivity contribution is 5.94. The number of rotatable bonds is 1. The van der Waals surface area contributed by atoms with Crippen LogP contribution < -0.4 is 0 Å². The molecule has 2 nitrogen and oxygen atoms in total. The van der Waals surface area contributed by atoms with E-state index in [-0.39, 0.29) is 24.1 Å². The van der Waals surface area contributed by atoms with Gasteiger partial charge >= 0.3 is 12.4 Å². The fourth-order valence-corrected chi connectivity index (χ4v) is 3.13. The molecule has 1 aliphatic rings. The summed E-state index contributed by atoms with van der Waals surface area (Å²) in [5.41, 5.74) is -3.45. The van der Waals surface area contributed by atoms with E-state index in [9.17, 15) is 31.1 Å². The van der Waals surface area contributed by atoms with Crippen molar-refractivity contribution in [3.05, 3.63) is 70.3 Å². The Balaban J connectivity index is 2.05. The predicted octanol–water partition coefficient (Wildman–Crippen LogP) is 4.92. The monoisotopic (exact) mass is 373 g/mol. The summed E-state index contributed by atoms with van der Waals surface area (Å²) in [6, 6.07) is 9.44. The van der Waals surface area contributed by atoms with Gasteiger partial charge in [-0.15, -0.1) is 0 Å². The zero-order valence-corrected chi connectivity index (χ0v) is 13.3. The molecule has 0 fully saturated rings. The lowest BCUT2D eigenvalue weighted by Crippen LogP contribution is -2.37. The van der Waals surface area contributed by atoms with Crippen LogP contribution in [-0.2, 0) is 25.3 Å². The van der Waals surface area contributed by atoms with Crippen LogP contribution in [0.5, 0.6) is 0 Å². The summed E-state index contributed by atoms with van der Waals surface area (Å²) in [5, 5.41) is 0. The molecule has 0 radical (unpaired) electrons. The molecule has 1 heterocycles. The molecule has 0 aromatic heterocycles. The first-order chi connectivity index (χ1) is 12.1. The van der Waals surface area contributed by atoms with Gasteiger partial charge < -0.3 is 4.90 Å². The Morgan fingerprint density at radius 2 is 1.54 bits per heavy atom. The molecule has 0 bridgehead atoms. The molecule has 138 valence electrons. The molecule has 1 amide bonds. The SMILES string of the molecule is O=C(c1ccccc1)N1CCc2ccc(C(F)(F)F)c(C(F)(F)F)c2C1. The summed E-state index contributed by atoms with van der Waals surface area (Å²) in [4.78, 5) is 13.6. The van der Waals surface area contributed by atoms with Crippen molar-refractivity contribution < 1.29 is 31.1 Å². The number of fused-ring (bicyclic) bond motifs is 1. The van der Waals surface area contributed by atoms with E-state index >= 15 is 0 Å². The third kappa shape index (κ3) is 3.40. The molecule has 0 saturated heterocycles. The summed E-state index contributed by atoms with van der Waals surface area (Å²) in [6.07, 6.45) is -10.2. The molecule has 0 aliphatic carbocycles. The van der Waals surface area contributed by atoms with Crippen LogP contribution in [-0.4, -0.2) is 17.4 Å². The van der Waals surface area contributed by atoms with Crippen LogP contribution in [0.1, 0.15) is 32.6 Å². The molecule has 3 rings (SSSR count). The molecular weight excluding hydrogens is 360 g/mol. The number of hydrogen-bond acceptors (Lipinski definition) is 1. The Hall–Kier alpha value is -2.51. The van der Waals surface area contributed by atoms with Crippen molar-refractivity contribution in [1.82, 2.24) is 4.90 Å². The summed E-state index contributed by atoms with van der Waals surface area (Å²) in [5.74, 6) is -0.512. The molecular formula is C18H13F6NO. The van der Waals surface area contributed by atoms with E-state index in [1.807, 2.05) is 0 Å². The summed E-state index contributed by atoms with van der Waals surface area (Å²) < 4.78 is 79.5.